The van der Waals surface area contributed by atoms with Gasteiger partial charge in [0.05, 0.1) is 29.5 Å². The third-order valence-electron chi connectivity index (χ3n) is 7.02. The number of rotatable bonds is 9. The Morgan fingerprint density at radius 1 is 1.18 bits per heavy atom. The van der Waals surface area contributed by atoms with Crippen molar-refractivity contribution < 1.29 is 26.2 Å². The maximum absolute atomic E-state index is 14.9. The fourth-order valence-corrected chi connectivity index (χ4v) is 6.09. The first-order chi connectivity index (χ1) is 18.7. The average molecular weight is 585 g/mol. The van der Waals surface area contributed by atoms with E-state index in [2.05, 4.69) is 30.9 Å². The lowest BCUT2D eigenvalue weighted by atomic mass is 9.89. The first-order valence-corrected chi connectivity index (χ1v) is 14.9. The number of benzene rings is 1. The first-order valence-electron chi connectivity index (χ1n) is 13.0. The minimum absolute atomic E-state index is 0.0856. The second kappa shape index (κ2) is 11.8. The lowest BCUT2D eigenvalue weighted by Gasteiger charge is -2.35. The standard InChI is InChI=1S/C27H33F5N6OS/c1-5-16-13-22(17-6-8-21(19(28)12-17)37-40(4,39)11-10-27(30,31)32)35-23-15-33-26(36-25(16)23)34-18-7-9-24(38(2)3)20(29)14-18/h6,8,12-13,15,18,20,24H,4-5,7,9-11,14H2,1-3H3,(H,37,39)(H,33,34,36). The van der Waals surface area contributed by atoms with E-state index in [4.69, 9.17) is 0 Å². The van der Waals surface area contributed by atoms with Crippen LogP contribution >= 0.6 is 0 Å². The van der Waals surface area contributed by atoms with Gasteiger partial charge < -0.3 is 14.9 Å². The maximum atomic E-state index is 14.9. The average Bonchev–Trinajstić information content (AvgIpc) is 2.87. The topological polar surface area (TPSA) is 83.0 Å². The number of aromatic nitrogens is 3. The molecule has 0 spiro atoms. The number of fused-ring (bicyclic) bond motifs is 1. The predicted octanol–water partition coefficient (Wildman–Crippen LogP) is 5.62. The molecule has 1 aliphatic carbocycles. The molecule has 4 unspecified atom stereocenters. The van der Waals surface area contributed by atoms with Crippen LogP contribution in [-0.4, -0.2) is 74.2 Å². The summed E-state index contributed by atoms with van der Waals surface area (Å²) in [6.45, 7) is 1.95. The Morgan fingerprint density at radius 3 is 2.55 bits per heavy atom. The molecule has 0 amide bonds. The van der Waals surface area contributed by atoms with Gasteiger partial charge in [-0.05, 0) is 63.0 Å². The van der Waals surface area contributed by atoms with E-state index in [0.717, 1.165) is 18.4 Å². The molecule has 1 saturated carbocycles. The second-order valence-electron chi connectivity index (χ2n) is 10.3. The molecule has 1 aliphatic rings. The molecular weight excluding hydrogens is 551 g/mol. The van der Waals surface area contributed by atoms with Crippen molar-refractivity contribution in [2.24, 2.45) is 0 Å². The van der Waals surface area contributed by atoms with Gasteiger partial charge in [0.15, 0.2) is 0 Å². The number of anilines is 2. The van der Waals surface area contributed by atoms with Crippen LogP contribution in [-0.2, 0) is 16.1 Å². The monoisotopic (exact) mass is 584 g/mol. The molecule has 0 saturated heterocycles. The summed E-state index contributed by atoms with van der Waals surface area (Å²) in [6.07, 6.45) is -2.67. The van der Waals surface area contributed by atoms with E-state index < -0.39 is 40.0 Å². The minimum atomic E-state index is -4.49. The van der Waals surface area contributed by atoms with Crippen LogP contribution in [0.3, 0.4) is 0 Å². The number of pyridine rings is 1. The molecule has 0 bridgehead atoms. The largest absolute Gasteiger partial charge is 0.390 e. The summed E-state index contributed by atoms with van der Waals surface area (Å²) < 4.78 is 81.7. The van der Waals surface area contributed by atoms with Gasteiger partial charge in [-0.3, -0.25) is 0 Å². The minimum Gasteiger partial charge on any atom is -0.351 e. The zero-order chi connectivity index (χ0) is 29.2. The zero-order valence-electron chi connectivity index (χ0n) is 22.6. The Labute approximate surface area is 230 Å². The SMILES string of the molecule is C=S(=O)(CCC(F)(F)F)Nc1ccc(-c2cc(CC)c3nc(NC4CCC(N(C)C)C(F)C4)ncc3n2)cc1F. The van der Waals surface area contributed by atoms with E-state index in [1.807, 2.05) is 25.9 Å². The quantitative estimate of drug-likeness (QED) is 0.251. The zero-order valence-corrected chi connectivity index (χ0v) is 23.4. The first kappa shape index (κ1) is 29.9. The van der Waals surface area contributed by atoms with Gasteiger partial charge in [-0.25, -0.2) is 27.9 Å². The summed E-state index contributed by atoms with van der Waals surface area (Å²) in [4.78, 5) is 15.5. The van der Waals surface area contributed by atoms with Crippen LogP contribution in [0.25, 0.3) is 22.3 Å². The molecule has 3 aromatic rings. The third-order valence-corrected chi connectivity index (χ3v) is 8.47. The van der Waals surface area contributed by atoms with E-state index in [1.165, 1.54) is 18.2 Å². The molecular formula is C27H33F5N6OS. The van der Waals surface area contributed by atoms with Crippen molar-refractivity contribution in [2.75, 3.05) is 29.9 Å². The molecule has 7 nitrogen and oxygen atoms in total. The Kier molecular flexibility index (Phi) is 8.83. The molecule has 0 radical (unpaired) electrons. The summed E-state index contributed by atoms with van der Waals surface area (Å²) >= 11 is 0. The summed E-state index contributed by atoms with van der Waals surface area (Å²) in [5.41, 5.74) is 2.63. The van der Waals surface area contributed by atoms with Crippen molar-refractivity contribution in [3.8, 4) is 11.3 Å². The molecule has 13 heteroatoms. The normalized spacial score (nSPS) is 21.4. The predicted molar refractivity (Wildman–Crippen MR) is 150 cm³/mol. The lowest BCUT2D eigenvalue weighted by Crippen LogP contribution is -2.44. The highest BCUT2D eigenvalue weighted by Crippen LogP contribution is 2.30. The fraction of sp³-hybridized carbons (Fsp3) is 0.481. The highest BCUT2D eigenvalue weighted by atomic mass is 32.2. The van der Waals surface area contributed by atoms with Crippen LogP contribution < -0.4 is 10.0 Å². The van der Waals surface area contributed by atoms with E-state index >= 15 is 0 Å². The smallest absolute Gasteiger partial charge is 0.351 e. The highest BCUT2D eigenvalue weighted by molar-refractivity contribution is 8.01. The van der Waals surface area contributed by atoms with E-state index in [0.29, 0.717) is 41.1 Å². The molecule has 4 rings (SSSR count). The van der Waals surface area contributed by atoms with E-state index in [-0.39, 0.29) is 17.8 Å². The summed E-state index contributed by atoms with van der Waals surface area (Å²) in [5, 5.41) is 3.25. The van der Waals surface area contributed by atoms with E-state index in [1.54, 1.807) is 12.3 Å². The summed E-state index contributed by atoms with van der Waals surface area (Å²) in [7, 11) is 0.363. The fourth-order valence-electron chi connectivity index (χ4n) is 4.86. The molecule has 0 aliphatic heterocycles. The molecule has 40 heavy (non-hydrogen) atoms. The number of hydrogen-bond donors (Lipinski definition) is 2. The van der Waals surface area contributed by atoms with Crippen LogP contribution in [0.5, 0.6) is 0 Å². The summed E-state index contributed by atoms with van der Waals surface area (Å²) in [6, 6.07) is 5.60. The molecule has 2 N–H and O–H groups in total. The number of nitrogens with one attached hydrogen (secondary N) is 2. The van der Waals surface area contributed by atoms with E-state index in [9.17, 15) is 26.2 Å². The number of halogens is 5. The number of nitrogens with zero attached hydrogens (tertiary/aromatic N) is 4. The molecule has 1 aromatic carbocycles. The van der Waals surface area contributed by atoms with Crippen molar-refractivity contribution in [3.05, 3.63) is 41.8 Å². The third kappa shape index (κ3) is 7.36. The Morgan fingerprint density at radius 2 is 1.93 bits per heavy atom. The number of aryl methyl sites for hydroxylation is 1. The van der Waals surface area contributed by atoms with Gasteiger partial charge in [0, 0.05) is 39.5 Å². The van der Waals surface area contributed by atoms with Gasteiger partial charge in [-0.1, -0.05) is 13.0 Å². The number of alkyl halides is 4. The van der Waals surface area contributed by atoms with Crippen LogP contribution in [0.1, 0.15) is 38.2 Å². The van der Waals surface area contributed by atoms with Crippen LogP contribution in [0.15, 0.2) is 30.5 Å². The van der Waals surface area contributed by atoms with Crippen molar-refractivity contribution in [3.63, 3.8) is 0 Å². The molecule has 218 valence electrons. The van der Waals surface area contributed by atoms with Crippen LogP contribution in [0, 0.1) is 5.82 Å². The van der Waals surface area contributed by atoms with Gasteiger partial charge in [0.2, 0.25) is 5.95 Å². The second-order valence-corrected chi connectivity index (χ2v) is 12.6. The van der Waals surface area contributed by atoms with Crippen molar-refractivity contribution in [1.29, 1.82) is 0 Å². The molecule has 1 fully saturated rings. The Balaban J connectivity index is 1.53. The van der Waals surface area contributed by atoms with Crippen molar-refractivity contribution >= 4 is 38.2 Å². The van der Waals surface area contributed by atoms with Gasteiger partial charge in [-0.2, -0.15) is 13.2 Å². The number of hydrogen-bond acceptors (Lipinski definition) is 6. The lowest BCUT2D eigenvalue weighted by molar-refractivity contribution is -0.129. The van der Waals surface area contributed by atoms with Gasteiger partial charge in [0.25, 0.3) is 0 Å². The maximum Gasteiger partial charge on any atom is 0.390 e. The highest BCUT2D eigenvalue weighted by Gasteiger charge is 2.32. The Bertz CT molecular complexity index is 1460. The molecule has 4 atom stereocenters. The Hall–Kier alpha value is -3.06. The van der Waals surface area contributed by atoms with Crippen LogP contribution in [0.2, 0.25) is 0 Å². The molecule has 2 aromatic heterocycles. The van der Waals surface area contributed by atoms with Gasteiger partial charge >= 0.3 is 6.18 Å². The van der Waals surface area contributed by atoms with Gasteiger partial charge in [0.1, 0.15) is 17.5 Å². The van der Waals surface area contributed by atoms with Crippen molar-refractivity contribution in [2.45, 2.75) is 63.5 Å². The van der Waals surface area contributed by atoms with Gasteiger partial charge in [-0.15, -0.1) is 0 Å². The van der Waals surface area contributed by atoms with Crippen LogP contribution in [0.4, 0.5) is 33.6 Å². The summed E-state index contributed by atoms with van der Waals surface area (Å²) in [5.74, 6) is 2.12. The molecule has 2 heterocycles. The van der Waals surface area contributed by atoms with Crippen molar-refractivity contribution in [1.82, 2.24) is 19.9 Å².